The van der Waals surface area contributed by atoms with Gasteiger partial charge in [0.1, 0.15) is 0 Å². The van der Waals surface area contributed by atoms with Crippen LogP contribution in [0.25, 0.3) is 11.1 Å². The number of carboxylic acid groups (broad SMARTS) is 1. The zero-order valence-electron chi connectivity index (χ0n) is 15.4. The van der Waals surface area contributed by atoms with Gasteiger partial charge in [-0.1, -0.05) is 39.7 Å². The molecule has 0 aliphatic rings. The van der Waals surface area contributed by atoms with Gasteiger partial charge < -0.3 is 9.67 Å². The lowest BCUT2D eigenvalue weighted by atomic mass is 10.0. The van der Waals surface area contributed by atoms with E-state index in [-0.39, 0.29) is 23.3 Å². The van der Waals surface area contributed by atoms with E-state index in [1.165, 1.54) is 22.8 Å². The van der Waals surface area contributed by atoms with Crippen LogP contribution in [0.2, 0.25) is 5.02 Å². The third-order valence-electron chi connectivity index (χ3n) is 4.65. The normalized spacial score (nSPS) is 11.8. The Balaban J connectivity index is 1.81. The molecule has 29 heavy (non-hydrogen) atoms. The van der Waals surface area contributed by atoms with E-state index >= 15 is 0 Å². The van der Waals surface area contributed by atoms with Crippen LogP contribution in [-0.4, -0.2) is 21.4 Å². The number of Topliss-reactive ketones (excluding diaryl/α,β-unsaturated/α-hetero) is 1. The zero-order valence-corrected chi connectivity index (χ0v) is 17.8. The Labute approximate surface area is 180 Å². The van der Waals surface area contributed by atoms with E-state index in [4.69, 9.17) is 16.7 Å². The Kier molecular flexibility index (Phi) is 6.35. The van der Waals surface area contributed by atoms with Gasteiger partial charge in [-0.3, -0.25) is 9.59 Å². The molecule has 0 saturated carbocycles. The Morgan fingerprint density at radius 3 is 2.41 bits per heavy atom. The minimum absolute atomic E-state index is 0.106. The van der Waals surface area contributed by atoms with Gasteiger partial charge in [-0.25, -0.2) is 4.79 Å². The van der Waals surface area contributed by atoms with Gasteiger partial charge in [0, 0.05) is 28.2 Å². The number of benzene rings is 2. The highest BCUT2D eigenvalue weighted by Gasteiger charge is 2.17. The number of halogens is 2. The number of carbonyl (C=O) groups is 2. The van der Waals surface area contributed by atoms with E-state index in [0.717, 1.165) is 10.0 Å². The molecular weight excluding hydrogens is 458 g/mol. The minimum atomic E-state index is -1.02. The maximum Gasteiger partial charge on any atom is 0.335 e. The first-order chi connectivity index (χ1) is 13.8. The lowest BCUT2D eigenvalue weighted by Crippen LogP contribution is -2.28. The average Bonchev–Trinajstić information content (AvgIpc) is 2.69. The number of aromatic nitrogens is 1. The van der Waals surface area contributed by atoms with Crippen molar-refractivity contribution in [1.29, 1.82) is 0 Å². The smallest absolute Gasteiger partial charge is 0.335 e. The molecule has 7 heteroatoms. The quantitative estimate of drug-likeness (QED) is 0.545. The molecule has 0 aliphatic heterocycles. The van der Waals surface area contributed by atoms with Crippen molar-refractivity contribution >= 4 is 39.3 Å². The maximum absolute atomic E-state index is 12.6. The molecule has 1 aromatic heterocycles. The number of aromatic carboxylic acids is 1. The Morgan fingerprint density at radius 1 is 1.10 bits per heavy atom. The fraction of sp³-hybridized carbons (Fsp3) is 0.136. The molecule has 5 nitrogen and oxygen atoms in total. The number of hydrogen-bond donors (Lipinski definition) is 1. The van der Waals surface area contributed by atoms with E-state index in [2.05, 4.69) is 15.9 Å². The number of ketones is 1. The highest BCUT2D eigenvalue weighted by Crippen LogP contribution is 2.30. The maximum atomic E-state index is 12.6. The van der Waals surface area contributed by atoms with Gasteiger partial charge in [0.25, 0.3) is 5.56 Å². The monoisotopic (exact) mass is 473 g/mol. The number of nitrogens with zero attached hydrogens (tertiary/aromatic N) is 1. The first-order valence-electron chi connectivity index (χ1n) is 8.79. The fourth-order valence-corrected chi connectivity index (χ4v) is 3.61. The second kappa shape index (κ2) is 8.76. The molecule has 148 valence electrons. The molecule has 0 bridgehead atoms. The number of rotatable bonds is 6. The second-order valence-corrected chi connectivity index (χ2v) is 7.90. The first-order valence-corrected chi connectivity index (χ1v) is 9.96. The molecule has 2 aromatic carbocycles. The van der Waals surface area contributed by atoms with Crippen LogP contribution in [0.4, 0.5) is 0 Å². The lowest BCUT2D eigenvalue weighted by Gasteiger charge is -2.15. The molecule has 1 atom stereocenters. The predicted molar refractivity (Wildman–Crippen MR) is 116 cm³/mol. The van der Waals surface area contributed by atoms with E-state index in [1.807, 2.05) is 6.07 Å². The molecule has 1 heterocycles. The fourth-order valence-electron chi connectivity index (χ4n) is 2.97. The third kappa shape index (κ3) is 4.83. The molecule has 3 aromatic rings. The minimum Gasteiger partial charge on any atom is -0.478 e. The summed E-state index contributed by atoms with van der Waals surface area (Å²) in [6.45, 7) is 1.67. The number of hydrogen-bond acceptors (Lipinski definition) is 3. The molecule has 0 amide bonds. The van der Waals surface area contributed by atoms with Crippen molar-refractivity contribution in [2.24, 2.45) is 0 Å². The van der Waals surface area contributed by atoms with Crippen molar-refractivity contribution in [3.05, 3.63) is 91.8 Å². The molecule has 0 spiro atoms. The largest absolute Gasteiger partial charge is 0.478 e. The second-order valence-electron chi connectivity index (χ2n) is 6.61. The van der Waals surface area contributed by atoms with Gasteiger partial charge in [-0.2, -0.15) is 0 Å². The van der Waals surface area contributed by atoms with Crippen LogP contribution in [0.15, 0.2) is 70.1 Å². The van der Waals surface area contributed by atoms with E-state index in [0.29, 0.717) is 16.1 Å². The van der Waals surface area contributed by atoms with Crippen LogP contribution >= 0.6 is 27.5 Å². The van der Waals surface area contributed by atoms with Crippen LogP contribution in [0.1, 0.15) is 28.9 Å². The standard InChI is InChI=1S/C22H17BrClNO4/c1-13(20(26)10-14-2-4-15(5-3-14)22(28)29)25-9-8-16(11-21(25)27)18-12-17(24)6-7-19(18)23/h2-9,11-13H,10H2,1H3,(H,28,29). The van der Waals surface area contributed by atoms with Crippen LogP contribution in [0, 0.1) is 0 Å². The van der Waals surface area contributed by atoms with Crippen LogP contribution in [0.5, 0.6) is 0 Å². The van der Waals surface area contributed by atoms with Gasteiger partial charge in [0.2, 0.25) is 0 Å². The van der Waals surface area contributed by atoms with Crippen molar-refractivity contribution in [2.75, 3.05) is 0 Å². The van der Waals surface area contributed by atoms with Gasteiger partial charge in [-0.15, -0.1) is 0 Å². The van der Waals surface area contributed by atoms with Crippen molar-refractivity contribution in [3.8, 4) is 11.1 Å². The summed E-state index contributed by atoms with van der Waals surface area (Å²) < 4.78 is 2.20. The Morgan fingerprint density at radius 2 is 1.79 bits per heavy atom. The summed E-state index contributed by atoms with van der Waals surface area (Å²) in [7, 11) is 0. The molecule has 1 unspecified atom stereocenters. The summed E-state index contributed by atoms with van der Waals surface area (Å²) in [5.74, 6) is -1.17. The zero-order chi connectivity index (χ0) is 21.1. The Hall–Kier alpha value is -2.70. The highest BCUT2D eigenvalue weighted by atomic mass is 79.9. The lowest BCUT2D eigenvalue weighted by molar-refractivity contribution is -0.121. The summed E-state index contributed by atoms with van der Waals surface area (Å²) in [6, 6.07) is 14.0. The molecule has 0 saturated heterocycles. The predicted octanol–water partition coefficient (Wildman–Crippen LogP) is 5.00. The van der Waals surface area contributed by atoms with Crippen LogP contribution in [-0.2, 0) is 11.2 Å². The summed E-state index contributed by atoms with van der Waals surface area (Å²) in [4.78, 5) is 36.2. The number of pyridine rings is 1. The molecule has 0 fully saturated rings. The molecule has 0 aliphatic carbocycles. The van der Waals surface area contributed by atoms with Crippen molar-refractivity contribution in [1.82, 2.24) is 4.57 Å². The van der Waals surface area contributed by atoms with Gasteiger partial charge in [-0.05, 0) is 60.0 Å². The average molecular weight is 475 g/mol. The first kappa shape index (κ1) is 21.0. The number of carbonyl (C=O) groups excluding carboxylic acids is 1. The Bertz CT molecular complexity index is 1140. The van der Waals surface area contributed by atoms with E-state index in [1.54, 1.807) is 43.5 Å². The third-order valence-corrected chi connectivity index (χ3v) is 5.58. The van der Waals surface area contributed by atoms with Crippen LogP contribution < -0.4 is 5.56 Å². The molecule has 0 radical (unpaired) electrons. The molecular formula is C22H17BrClNO4. The van der Waals surface area contributed by atoms with E-state index < -0.39 is 12.0 Å². The summed E-state index contributed by atoms with van der Waals surface area (Å²) in [5.41, 5.74) is 2.05. The molecule has 3 rings (SSSR count). The SMILES string of the molecule is CC(C(=O)Cc1ccc(C(=O)O)cc1)n1ccc(-c2cc(Cl)ccc2Br)cc1=O. The summed E-state index contributed by atoms with van der Waals surface area (Å²) in [6.07, 6.45) is 1.70. The number of carboxylic acids is 1. The van der Waals surface area contributed by atoms with Crippen molar-refractivity contribution < 1.29 is 14.7 Å². The van der Waals surface area contributed by atoms with Gasteiger partial charge in [0.05, 0.1) is 11.6 Å². The van der Waals surface area contributed by atoms with Crippen molar-refractivity contribution in [2.45, 2.75) is 19.4 Å². The van der Waals surface area contributed by atoms with Crippen LogP contribution in [0.3, 0.4) is 0 Å². The van der Waals surface area contributed by atoms with Gasteiger partial charge >= 0.3 is 5.97 Å². The summed E-state index contributed by atoms with van der Waals surface area (Å²) >= 11 is 9.51. The van der Waals surface area contributed by atoms with E-state index in [9.17, 15) is 14.4 Å². The topological polar surface area (TPSA) is 76.4 Å². The highest BCUT2D eigenvalue weighted by molar-refractivity contribution is 9.10. The van der Waals surface area contributed by atoms with Crippen molar-refractivity contribution in [3.63, 3.8) is 0 Å². The summed E-state index contributed by atoms with van der Waals surface area (Å²) in [5, 5.41) is 9.51. The molecule has 1 N–H and O–H groups in total. The van der Waals surface area contributed by atoms with Gasteiger partial charge in [0.15, 0.2) is 5.78 Å².